The molecule has 0 aromatic heterocycles. The van der Waals surface area contributed by atoms with Gasteiger partial charge in [-0.25, -0.2) is 0 Å². The van der Waals surface area contributed by atoms with Crippen molar-refractivity contribution >= 4 is 34.5 Å². The highest BCUT2D eigenvalue weighted by Gasteiger charge is 2.39. The first-order valence-electron chi connectivity index (χ1n) is 6.94. The molecule has 0 saturated heterocycles. The van der Waals surface area contributed by atoms with Crippen LogP contribution in [-0.2, 0) is 4.79 Å². The number of benzene rings is 2. The maximum Gasteiger partial charge on any atom is 0.239 e. The van der Waals surface area contributed by atoms with E-state index in [9.17, 15) is 4.79 Å². The van der Waals surface area contributed by atoms with Crippen LogP contribution in [0.4, 0.5) is 11.4 Å². The maximum atomic E-state index is 12.7. The van der Waals surface area contributed by atoms with Gasteiger partial charge in [0.05, 0.1) is 12.1 Å². The van der Waals surface area contributed by atoms with Crippen molar-refractivity contribution in [2.75, 3.05) is 24.4 Å². The molecule has 0 radical (unpaired) electrons. The van der Waals surface area contributed by atoms with Crippen LogP contribution in [0.1, 0.15) is 11.5 Å². The lowest BCUT2D eigenvalue weighted by atomic mass is 9.99. The minimum absolute atomic E-state index is 0.147. The fourth-order valence-electron chi connectivity index (χ4n) is 2.71. The van der Waals surface area contributed by atoms with Crippen molar-refractivity contribution in [1.29, 1.82) is 0 Å². The van der Waals surface area contributed by atoms with Gasteiger partial charge in [-0.3, -0.25) is 4.79 Å². The van der Waals surface area contributed by atoms with Crippen LogP contribution in [0, 0.1) is 0 Å². The Balaban J connectivity index is 1.98. The lowest BCUT2D eigenvalue weighted by Gasteiger charge is -2.15. The number of hydrogen-bond acceptors (Lipinski definition) is 3. The van der Waals surface area contributed by atoms with Crippen LogP contribution < -0.4 is 15.0 Å². The Kier molecular flexibility index (Phi) is 3.81. The van der Waals surface area contributed by atoms with Crippen molar-refractivity contribution in [2.24, 2.45) is 0 Å². The number of ether oxygens (including phenoxy) is 1. The molecule has 2 aromatic carbocycles. The van der Waals surface area contributed by atoms with Gasteiger partial charge in [-0.15, -0.1) is 0 Å². The van der Waals surface area contributed by atoms with Gasteiger partial charge in [-0.2, -0.15) is 0 Å². The highest BCUT2D eigenvalue weighted by molar-refractivity contribution is 7.80. The third-order valence-electron chi connectivity index (χ3n) is 3.79. The zero-order valence-electron chi connectivity index (χ0n) is 12.4. The molecule has 1 unspecified atom stereocenters. The molecule has 3 rings (SSSR count). The number of thiocarbonyl (C=S) groups is 1. The first-order valence-corrected chi connectivity index (χ1v) is 7.34. The highest BCUT2D eigenvalue weighted by atomic mass is 32.1. The van der Waals surface area contributed by atoms with Crippen molar-refractivity contribution in [3.63, 3.8) is 0 Å². The topological polar surface area (TPSA) is 41.6 Å². The van der Waals surface area contributed by atoms with Gasteiger partial charge >= 0.3 is 0 Å². The van der Waals surface area contributed by atoms with Crippen LogP contribution in [-0.4, -0.2) is 25.1 Å². The standard InChI is InChI=1S/C17H16N2O2S/c1-19-12-9-6-10-13(21-2)14(12)15(17(19)22)16(20)18-11-7-4-3-5-8-11/h3-10,15H,1-2H3,(H,18,20). The van der Waals surface area contributed by atoms with Gasteiger partial charge in [0, 0.05) is 24.0 Å². The summed E-state index contributed by atoms with van der Waals surface area (Å²) >= 11 is 5.48. The zero-order chi connectivity index (χ0) is 15.7. The van der Waals surface area contributed by atoms with Crippen LogP contribution >= 0.6 is 12.2 Å². The Morgan fingerprint density at radius 2 is 1.91 bits per heavy atom. The number of nitrogens with zero attached hydrogens (tertiary/aromatic N) is 1. The number of para-hydroxylation sites is 1. The van der Waals surface area contributed by atoms with Crippen molar-refractivity contribution in [3.05, 3.63) is 54.1 Å². The minimum atomic E-state index is -0.522. The molecule has 1 N–H and O–H groups in total. The number of likely N-dealkylation sites (N-methyl/N-ethyl adjacent to an activating group) is 1. The van der Waals surface area contributed by atoms with E-state index in [1.165, 1.54) is 0 Å². The van der Waals surface area contributed by atoms with Crippen LogP contribution in [0.2, 0.25) is 0 Å². The Bertz CT molecular complexity index is 731. The van der Waals surface area contributed by atoms with Crippen LogP contribution in [0.3, 0.4) is 0 Å². The molecule has 0 fully saturated rings. The molecule has 0 saturated carbocycles. The number of hydrogen-bond donors (Lipinski definition) is 1. The van der Waals surface area contributed by atoms with E-state index in [4.69, 9.17) is 17.0 Å². The third kappa shape index (κ3) is 2.33. The Morgan fingerprint density at radius 3 is 2.59 bits per heavy atom. The summed E-state index contributed by atoms with van der Waals surface area (Å²) in [4.78, 5) is 15.2. The second-order valence-corrected chi connectivity index (χ2v) is 5.50. The smallest absolute Gasteiger partial charge is 0.239 e. The lowest BCUT2D eigenvalue weighted by Crippen LogP contribution is -2.30. The fourth-order valence-corrected chi connectivity index (χ4v) is 3.03. The average molecular weight is 312 g/mol. The second-order valence-electron chi connectivity index (χ2n) is 5.08. The summed E-state index contributed by atoms with van der Waals surface area (Å²) < 4.78 is 5.42. The van der Waals surface area contributed by atoms with Crippen LogP contribution in [0.25, 0.3) is 0 Å². The molecule has 0 bridgehead atoms. The Morgan fingerprint density at radius 1 is 1.18 bits per heavy atom. The molecule has 0 spiro atoms. The van der Waals surface area contributed by atoms with Gasteiger partial charge in [0.1, 0.15) is 11.7 Å². The van der Waals surface area contributed by atoms with Gasteiger partial charge < -0.3 is 15.0 Å². The zero-order valence-corrected chi connectivity index (χ0v) is 13.2. The maximum absolute atomic E-state index is 12.7. The molecule has 5 heteroatoms. The van der Waals surface area contributed by atoms with Crippen LogP contribution in [0.5, 0.6) is 5.75 Å². The molecule has 1 atom stereocenters. The van der Waals surface area contributed by atoms with Gasteiger partial charge in [0.25, 0.3) is 0 Å². The van der Waals surface area contributed by atoms with E-state index in [0.29, 0.717) is 10.7 Å². The van der Waals surface area contributed by atoms with Crippen molar-refractivity contribution in [1.82, 2.24) is 0 Å². The SMILES string of the molecule is COc1cccc2c1C(C(=O)Nc1ccccc1)C(=S)N2C. The van der Waals surface area contributed by atoms with Gasteiger partial charge in [-0.05, 0) is 24.3 Å². The molecule has 1 amide bonds. The van der Waals surface area contributed by atoms with E-state index in [1.807, 2.05) is 60.5 Å². The van der Waals surface area contributed by atoms with E-state index in [-0.39, 0.29) is 5.91 Å². The van der Waals surface area contributed by atoms with Gasteiger partial charge in [0.15, 0.2) is 0 Å². The van der Waals surface area contributed by atoms with Crippen molar-refractivity contribution < 1.29 is 9.53 Å². The third-order valence-corrected chi connectivity index (χ3v) is 4.30. The van der Waals surface area contributed by atoms with E-state index >= 15 is 0 Å². The number of anilines is 2. The number of nitrogens with one attached hydrogen (secondary N) is 1. The predicted molar refractivity (Wildman–Crippen MR) is 91.8 cm³/mol. The lowest BCUT2D eigenvalue weighted by molar-refractivity contribution is -0.116. The molecule has 112 valence electrons. The molecule has 1 aliphatic heterocycles. The number of carbonyl (C=O) groups excluding carboxylic acids is 1. The molecular formula is C17H16N2O2S. The molecule has 4 nitrogen and oxygen atoms in total. The largest absolute Gasteiger partial charge is 0.496 e. The second kappa shape index (κ2) is 5.77. The van der Waals surface area contributed by atoms with E-state index < -0.39 is 5.92 Å². The monoisotopic (exact) mass is 312 g/mol. The predicted octanol–water partition coefficient (Wildman–Crippen LogP) is 3.19. The molecule has 1 heterocycles. The Labute approximate surface area is 134 Å². The van der Waals surface area contributed by atoms with Crippen molar-refractivity contribution in [3.8, 4) is 5.75 Å². The average Bonchev–Trinajstić information content (AvgIpc) is 2.80. The molecule has 1 aliphatic rings. The van der Waals surface area contributed by atoms with E-state index in [1.54, 1.807) is 7.11 Å². The molecular weight excluding hydrogens is 296 g/mol. The minimum Gasteiger partial charge on any atom is -0.496 e. The number of methoxy groups -OCH3 is 1. The highest BCUT2D eigenvalue weighted by Crippen LogP contribution is 2.43. The molecule has 22 heavy (non-hydrogen) atoms. The number of amides is 1. The van der Waals surface area contributed by atoms with Gasteiger partial charge in [0.2, 0.25) is 5.91 Å². The summed E-state index contributed by atoms with van der Waals surface area (Å²) in [5, 5.41) is 2.92. The van der Waals surface area contributed by atoms with Gasteiger partial charge in [-0.1, -0.05) is 36.5 Å². The summed E-state index contributed by atoms with van der Waals surface area (Å²) in [6, 6.07) is 15.1. The number of carbonyl (C=O) groups is 1. The molecule has 2 aromatic rings. The number of fused-ring (bicyclic) bond motifs is 1. The first-order chi connectivity index (χ1) is 10.6. The quantitative estimate of drug-likeness (QED) is 0.884. The van der Waals surface area contributed by atoms with Crippen LogP contribution in [0.15, 0.2) is 48.5 Å². The first kappa shape index (κ1) is 14.5. The molecule has 0 aliphatic carbocycles. The summed E-state index contributed by atoms with van der Waals surface area (Å²) in [7, 11) is 3.47. The normalized spacial score (nSPS) is 16.4. The van der Waals surface area contributed by atoms with E-state index in [2.05, 4.69) is 5.32 Å². The summed E-state index contributed by atoms with van der Waals surface area (Å²) in [5.41, 5.74) is 2.49. The fraction of sp³-hybridized carbons (Fsp3) is 0.176. The summed E-state index contributed by atoms with van der Waals surface area (Å²) in [6.07, 6.45) is 0. The number of rotatable bonds is 3. The summed E-state index contributed by atoms with van der Waals surface area (Å²) in [5.74, 6) is 0.00932. The van der Waals surface area contributed by atoms with Crippen molar-refractivity contribution in [2.45, 2.75) is 5.92 Å². The van der Waals surface area contributed by atoms with E-state index in [0.717, 1.165) is 16.9 Å². The summed E-state index contributed by atoms with van der Waals surface area (Å²) in [6.45, 7) is 0. The Hall–Kier alpha value is -2.40.